The Morgan fingerprint density at radius 2 is 1.93 bits per heavy atom. The first-order valence-electron chi connectivity index (χ1n) is 8.97. The van der Waals surface area contributed by atoms with Crippen molar-refractivity contribution in [2.45, 2.75) is 19.4 Å². The van der Waals surface area contributed by atoms with Gasteiger partial charge in [0.2, 0.25) is 0 Å². The molecule has 0 amide bonds. The lowest BCUT2D eigenvalue weighted by Gasteiger charge is -2.29. The molecule has 0 radical (unpaired) electrons. The minimum atomic E-state index is 0.174. The normalized spacial score (nSPS) is 13.0. The van der Waals surface area contributed by atoms with Gasteiger partial charge in [0, 0.05) is 44.4 Å². The fourth-order valence-corrected chi connectivity index (χ4v) is 3.69. The van der Waals surface area contributed by atoms with Crippen LogP contribution in [0.1, 0.15) is 24.9 Å². The molecule has 0 aliphatic heterocycles. The summed E-state index contributed by atoms with van der Waals surface area (Å²) in [5.74, 6) is 0. The first kappa shape index (κ1) is 15.8. The molecule has 0 aliphatic rings. The SMILES string of the molecule is CCC(c1ccc2nccn2c1)n1c2nc(-c3cnn(C)c3)cnc2n1C. The van der Waals surface area contributed by atoms with Gasteiger partial charge in [0.05, 0.1) is 24.1 Å². The molecule has 1 unspecified atom stereocenters. The molecule has 0 fully saturated rings. The average molecular weight is 360 g/mol. The molecule has 5 aromatic heterocycles. The highest BCUT2D eigenvalue weighted by Crippen LogP contribution is 2.29. The number of hydrogen-bond donors (Lipinski definition) is 0. The molecule has 0 bridgehead atoms. The number of fused-ring (bicyclic) bond motifs is 2. The van der Waals surface area contributed by atoms with Gasteiger partial charge in [-0.1, -0.05) is 13.0 Å². The van der Waals surface area contributed by atoms with Crippen molar-refractivity contribution in [1.82, 2.24) is 38.5 Å². The summed E-state index contributed by atoms with van der Waals surface area (Å²) in [6, 6.07) is 4.37. The molecule has 5 aromatic rings. The lowest BCUT2D eigenvalue weighted by Crippen LogP contribution is -2.27. The van der Waals surface area contributed by atoms with Crippen LogP contribution in [-0.4, -0.2) is 38.5 Å². The quantitative estimate of drug-likeness (QED) is 0.494. The van der Waals surface area contributed by atoms with E-state index in [4.69, 9.17) is 4.98 Å². The Morgan fingerprint density at radius 1 is 1.04 bits per heavy atom. The van der Waals surface area contributed by atoms with E-state index < -0.39 is 0 Å². The first-order valence-corrected chi connectivity index (χ1v) is 8.97. The van der Waals surface area contributed by atoms with E-state index in [0.29, 0.717) is 0 Å². The van der Waals surface area contributed by atoms with E-state index >= 15 is 0 Å². The molecule has 27 heavy (non-hydrogen) atoms. The summed E-state index contributed by atoms with van der Waals surface area (Å²) < 4.78 is 8.10. The van der Waals surface area contributed by atoms with E-state index in [1.165, 1.54) is 5.56 Å². The average Bonchev–Trinajstić information content (AvgIpc) is 3.33. The van der Waals surface area contributed by atoms with Crippen LogP contribution in [0.4, 0.5) is 0 Å². The summed E-state index contributed by atoms with van der Waals surface area (Å²) in [6.07, 6.45) is 12.4. The van der Waals surface area contributed by atoms with Crippen LogP contribution in [0.5, 0.6) is 0 Å². The zero-order chi connectivity index (χ0) is 18.5. The monoisotopic (exact) mass is 360 g/mol. The van der Waals surface area contributed by atoms with Gasteiger partial charge in [0.1, 0.15) is 5.65 Å². The van der Waals surface area contributed by atoms with Crippen molar-refractivity contribution in [3.63, 3.8) is 0 Å². The van der Waals surface area contributed by atoms with Crippen molar-refractivity contribution >= 4 is 16.9 Å². The number of hydrogen-bond acceptors (Lipinski definition) is 4. The number of nitrogens with zero attached hydrogens (tertiary/aromatic N) is 8. The molecule has 5 rings (SSSR count). The predicted molar refractivity (Wildman–Crippen MR) is 102 cm³/mol. The van der Waals surface area contributed by atoms with Gasteiger partial charge in [-0.2, -0.15) is 5.10 Å². The van der Waals surface area contributed by atoms with Crippen LogP contribution in [-0.2, 0) is 14.1 Å². The standard InChI is InChI=1S/C19H20N8/c1-4-16(13-5-6-17-20-7-8-26(17)12-13)27-19-18(25(27)3)21-10-15(23-19)14-9-22-24(2)11-14/h5-12,16H,4H2,1-3H3. The van der Waals surface area contributed by atoms with Crippen LogP contribution in [0.25, 0.3) is 28.2 Å². The van der Waals surface area contributed by atoms with Gasteiger partial charge in [-0.05, 0) is 18.1 Å². The van der Waals surface area contributed by atoms with Gasteiger partial charge >= 0.3 is 0 Å². The summed E-state index contributed by atoms with van der Waals surface area (Å²) in [4.78, 5) is 13.8. The van der Waals surface area contributed by atoms with Gasteiger partial charge in [0.15, 0.2) is 11.3 Å². The number of aryl methyl sites for hydroxylation is 2. The van der Waals surface area contributed by atoms with Crippen LogP contribution in [0.15, 0.2) is 49.3 Å². The van der Waals surface area contributed by atoms with Gasteiger partial charge < -0.3 is 4.40 Å². The van der Waals surface area contributed by atoms with Gasteiger partial charge in [-0.3, -0.25) is 14.0 Å². The molecule has 0 N–H and O–H groups in total. The Balaban J connectivity index is 1.62. The summed E-state index contributed by atoms with van der Waals surface area (Å²) in [7, 11) is 3.93. The Labute approximate surface area is 155 Å². The maximum atomic E-state index is 4.87. The van der Waals surface area contributed by atoms with Crippen molar-refractivity contribution in [2.75, 3.05) is 0 Å². The topological polar surface area (TPSA) is 70.8 Å². The fraction of sp³-hybridized carbons (Fsp3) is 0.263. The molecule has 136 valence electrons. The van der Waals surface area contributed by atoms with Crippen LogP contribution >= 0.6 is 0 Å². The Bertz CT molecular complexity index is 1250. The van der Waals surface area contributed by atoms with E-state index in [1.54, 1.807) is 4.68 Å². The van der Waals surface area contributed by atoms with Crippen molar-refractivity contribution < 1.29 is 0 Å². The van der Waals surface area contributed by atoms with Crippen molar-refractivity contribution in [2.24, 2.45) is 14.1 Å². The lowest BCUT2D eigenvalue weighted by molar-refractivity contribution is 0.426. The van der Waals surface area contributed by atoms with Crippen LogP contribution in [0.2, 0.25) is 0 Å². The molecular weight excluding hydrogens is 340 g/mol. The second-order valence-corrected chi connectivity index (χ2v) is 6.75. The minimum Gasteiger partial charge on any atom is -0.307 e. The summed E-state index contributed by atoms with van der Waals surface area (Å²) in [5, 5.41) is 4.24. The third-order valence-corrected chi connectivity index (χ3v) is 5.06. The van der Waals surface area contributed by atoms with Crippen LogP contribution in [0, 0.1) is 0 Å². The summed E-state index contributed by atoms with van der Waals surface area (Å²) in [6.45, 7) is 2.19. The minimum absolute atomic E-state index is 0.174. The van der Waals surface area contributed by atoms with Crippen molar-refractivity contribution in [3.05, 3.63) is 54.9 Å². The highest BCUT2D eigenvalue weighted by Gasteiger charge is 2.23. The molecule has 0 saturated carbocycles. The predicted octanol–water partition coefficient (Wildman–Crippen LogP) is 2.82. The third kappa shape index (κ3) is 2.37. The molecule has 8 nitrogen and oxygen atoms in total. The zero-order valence-electron chi connectivity index (χ0n) is 15.5. The number of pyridine rings is 1. The fourth-order valence-electron chi connectivity index (χ4n) is 3.69. The second kappa shape index (κ2) is 5.80. The molecule has 5 heterocycles. The maximum Gasteiger partial charge on any atom is 0.193 e. The zero-order valence-corrected chi connectivity index (χ0v) is 15.5. The molecule has 8 heteroatoms. The van der Waals surface area contributed by atoms with Crippen LogP contribution in [0.3, 0.4) is 0 Å². The van der Waals surface area contributed by atoms with Crippen molar-refractivity contribution in [1.29, 1.82) is 0 Å². The van der Waals surface area contributed by atoms with Gasteiger partial charge in [-0.25, -0.2) is 15.0 Å². The highest BCUT2D eigenvalue weighted by molar-refractivity contribution is 5.73. The molecular formula is C19H20N8. The van der Waals surface area contributed by atoms with Crippen molar-refractivity contribution in [3.8, 4) is 11.3 Å². The number of imidazole rings is 1. The first-order chi connectivity index (χ1) is 13.2. The van der Waals surface area contributed by atoms with E-state index in [9.17, 15) is 0 Å². The molecule has 0 aromatic carbocycles. The molecule has 1 atom stereocenters. The summed E-state index contributed by atoms with van der Waals surface area (Å²) >= 11 is 0. The smallest absolute Gasteiger partial charge is 0.193 e. The lowest BCUT2D eigenvalue weighted by atomic mass is 10.1. The largest absolute Gasteiger partial charge is 0.307 e. The highest BCUT2D eigenvalue weighted by atomic mass is 15.5. The van der Waals surface area contributed by atoms with E-state index in [1.807, 2.05) is 45.1 Å². The van der Waals surface area contributed by atoms with Crippen LogP contribution < -0.4 is 0 Å². The second-order valence-electron chi connectivity index (χ2n) is 6.75. The van der Waals surface area contributed by atoms with E-state index in [-0.39, 0.29) is 6.04 Å². The third-order valence-electron chi connectivity index (χ3n) is 5.06. The van der Waals surface area contributed by atoms with E-state index in [2.05, 4.69) is 54.1 Å². The maximum absolute atomic E-state index is 4.87. The summed E-state index contributed by atoms with van der Waals surface area (Å²) in [5.41, 5.74) is 5.76. The van der Waals surface area contributed by atoms with E-state index in [0.717, 1.165) is 34.6 Å². The number of rotatable bonds is 4. The molecule has 0 saturated heterocycles. The Hall–Kier alpha value is -3.42. The van der Waals surface area contributed by atoms with Gasteiger partial charge in [0.25, 0.3) is 0 Å². The number of aromatic nitrogens is 8. The Kier molecular flexibility index (Phi) is 3.40. The molecule has 0 aliphatic carbocycles. The Morgan fingerprint density at radius 3 is 2.70 bits per heavy atom. The molecule has 0 spiro atoms. The van der Waals surface area contributed by atoms with Gasteiger partial charge in [-0.15, -0.1) is 0 Å².